The summed E-state index contributed by atoms with van der Waals surface area (Å²) in [5.41, 5.74) is 0. The second-order valence-corrected chi connectivity index (χ2v) is 2.18. The lowest BCUT2D eigenvalue weighted by molar-refractivity contribution is -0.120. The van der Waals surface area contributed by atoms with Crippen LogP contribution in [0, 0.1) is 0 Å². The van der Waals surface area contributed by atoms with Crippen LogP contribution in [0.5, 0.6) is 0 Å². The molecule has 4 heteroatoms. The van der Waals surface area contributed by atoms with E-state index in [1.807, 2.05) is 0 Å². The summed E-state index contributed by atoms with van der Waals surface area (Å²) in [7, 11) is 0. The van der Waals surface area contributed by atoms with Crippen molar-refractivity contribution in [2.75, 3.05) is 6.61 Å². The highest BCUT2D eigenvalue weighted by atomic mass is 16.5. The van der Waals surface area contributed by atoms with Gasteiger partial charge in [-0.1, -0.05) is 0 Å². The van der Waals surface area contributed by atoms with Crippen molar-refractivity contribution in [1.82, 2.24) is 0 Å². The van der Waals surface area contributed by atoms with Gasteiger partial charge in [-0.25, -0.2) is 0 Å². The van der Waals surface area contributed by atoms with E-state index in [9.17, 15) is 4.79 Å². The van der Waals surface area contributed by atoms with Crippen molar-refractivity contribution >= 4 is 12.0 Å². The van der Waals surface area contributed by atoms with Crippen molar-refractivity contribution < 1.29 is 9.53 Å². The topological polar surface area (TPSA) is 64.7 Å². The molecule has 56 valence electrons. The molecule has 0 aliphatic carbocycles. The van der Waals surface area contributed by atoms with E-state index in [0.717, 1.165) is 19.1 Å². The minimum absolute atomic E-state index is 0.125. The zero-order valence-corrected chi connectivity index (χ0v) is 5.62. The lowest BCUT2D eigenvalue weighted by atomic mass is 10.2. The highest BCUT2D eigenvalue weighted by Gasteiger charge is 2.21. The van der Waals surface area contributed by atoms with Crippen LogP contribution in [0.25, 0.3) is 0 Å². The Morgan fingerprint density at radius 1 is 1.80 bits per heavy atom. The van der Waals surface area contributed by atoms with Gasteiger partial charge in [0.2, 0.25) is 5.78 Å². The molecule has 0 bridgehead atoms. The Morgan fingerprint density at radius 3 is 3.10 bits per heavy atom. The first-order valence-electron chi connectivity index (χ1n) is 3.23. The van der Waals surface area contributed by atoms with Crippen LogP contribution in [-0.4, -0.2) is 24.7 Å². The summed E-state index contributed by atoms with van der Waals surface area (Å²) >= 11 is 0. The Labute approximate surface area is 59.0 Å². The summed E-state index contributed by atoms with van der Waals surface area (Å²) in [6.45, 7) is 0.675. The third-order valence-corrected chi connectivity index (χ3v) is 1.45. The SMILES string of the molecule is NN=CC(=O)[C@@H]1CCCO1. The predicted molar refractivity (Wildman–Crippen MR) is 36.7 cm³/mol. The van der Waals surface area contributed by atoms with Crippen LogP contribution in [0.3, 0.4) is 0 Å². The Bertz CT molecular complexity index is 150. The number of hydrogen-bond acceptors (Lipinski definition) is 4. The van der Waals surface area contributed by atoms with Gasteiger partial charge in [-0.2, -0.15) is 5.10 Å². The van der Waals surface area contributed by atoms with E-state index in [1.54, 1.807) is 0 Å². The van der Waals surface area contributed by atoms with Crippen LogP contribution in [0.1, 0.15) is 12.8 Å². The van der Waals surface area contributed by atoms with Gasteiger partial charge in [-0.05, 0) is 12.8 Å². The molecule has 0 unspecified atom stereocenters. The zero-order chi connectivity index (χ0) is 7.40. The molecule has 0 saturated carbocycles. The first-order chi connectivity index (χ1) is 4.84. The van der Waals surface area contributed by atoms with E-state index >= 15 is 0 Å². The number of carbonyl (C=O) groups is 1. The lowest BCUT2D eigenvalue weighted by Gasteiger charge is -2.01. The molecular formula is C6H10N2O2. The molecule has 1 saturated heterocycles. The molecule has 2 N–H and O–H groups in total. The first-order valence-corrected chi connectivity index (χ1v) is 3.23. The molecule has 0 aromatic rings. The Balaban J connectivity index is 2.40. The number of carbonyl (C=O) groups excluding carboxylic acids is 1. The molecule has 1 aliphatic rings. The fraction of sp³-hybridized carbons (Fsp3) is 0.667. The van der Waals surface area contributed by atoms with Crippen LogP contribution in [-0.2, 0) is 9.53 Å². The van der Waals surface area contributed by atoms with Crippen molar-refractivity contribution in [2.24, 2.45) is 10.9 Å². The number of Topliss-reactive ketones (excluding diaryl/α,β-unsaturated/α-hetero) is 1. The minimum atomic E-state index is -0.285. The van der Waals surface area contributed by atoms with Gasteiger partial charge in [0.25, 0.3) is 0 Å². The van der Waals surface area contributed by atoms with Gasteiger partial charge in [0, 0.05) is 6.61 Å². The van der Waals surface area contributed by atoms with Gasteiger partial charge in [0.05, 0.1) is 6.21 Å². The molecule has 0 radical (unpaired) electrons. The molecule has 1 fully saturated rings. The molecule has 1 rings (SSSR count). The van der Waals surface area contributed by atoms with E-state index in [0.29, 0.717) is 6.61 Å². The number of rotatable bonds is 2. The fourth-order valence-electron chi connectivity index (χ4n) is 0.959. The van der Waals surface area contributed by atoms with Gasteiger partial charge in [0.1, 0.15) is 6.10 Å². The van der Waals surface area contributed by atoms with Gasteiger partial charge in [-0.3, -0.25) is 4.79 Å². The quantitative estimate of drug-likeness (QED) is 0.326. The summed E-state index contributed by atoms with van der Waals surface area (Å²) in [4.78, 5) is 10.9. The molecule has 10 heavy (non-hydrogen) atoms. The summed E-state index contributed by atoms with van der Waals surface area (Å²) in [6.07, 6.45) is 2.57. The Kier molecular flexibility index (Phi) is 2.39. The monoisotopic (exact) mass is 142 g/mol. The van der Waals surface area contributed by atoms with Crippen LogP contribution in [0.2, 0.25) is 0 Å². The van der Waals surface area contributed by atoms with Crippen LogP contribution < -0.4 is 5.84 Å². The predicted octanol–water partition coefficient (Wildman–Crippen LogP) is -0.321. The summed E-state index contributed by atoms with van der Waals surface area (Å²) < 4.78 is 5.07. The zero-order valence-electron chi connectivity index (χ0n) is 5.62. The average Bonchev–Trinajstić information content (AvgIpc) is 2.38. The van der Waals surface area contributed by atoms with Crippen molar-refractivity contribution in [2.45, 2.75) is 18.9 Å². The molecule has 1 atom stereocenters. The largest absolute Gasteiger partial charge is 0.370 e. The Morgan fingerprint density at radius 2 is 2.60 bits per heavy atom. The second kappa shape index (κ2) is 3.31. The molecule has 1 aliphatic heterocycles. The number of ether oxygens (including phenoxy) is 1. The summed E-state index contributed by atoms with van der Waals surface area (Å²) in [6, 6.07) is 0. The molecule has 1 heterocycles. The van der Waals surface area contributed by atoms with Crippen LogP contribution in [0.15, 0.2) is 5.10 Å². The molecule has 0 spiro atoms. The van der Waals surface area contributed by atoms with Crippen molar-refractivity contribution in [3.63, 3.8) is 0 Å². The highest BCUT2D eigenvalue weighted by Crippen LogP contribution is 2.11. The van der Waals surface area contributed by atoms with Crippen LogP contribution >= 0.6 is 0 Å². The fourth-order valence-corrected chi connectivity index (χ4v) is 0.959. The third-order valence-electron chi connectivity index (χ3n) is 1.45. The van der Waals surface area contributed by atoms with Crippen LogP contribution in [0.4, 0.5) is 0 Å². The van der Waals surface area contributed by atoms with E-state index in [4.69, 9.17) is 10.6 Å². The summed E-state index contributed by atoms with van der Waals surface area (Å²) in [5.74, 6) is 4.67. The molecule has 0 aromatic carbocycles. The first kappa shape index (κ1) is 7.21. The molecule has 0 aromatic heterocycles. The van der Waals surface area contributed by atoms with E-state index in [1.165, 1.54) is 0 Å². The number of hydrazone groups is 1. The van der Waals surface area contributed by atoms with Gasteiger partial charge >= 0.3 is 0 Å². The molecular weight excluding hydrogens is 132 g/mol. The van der Waals surface area contributed by atoms with Gasteiger partial charge < -0.3 is 10.6 Å². The van der Waals surface area contributed by atoms with Crippen molar-refractivity contribution in [1.29, 1.82) is 0 Å². The molecule has 4 nitrogen and oxygen atoms in total. The van der Waals surface area contributed by atoms with E-state index < -0.39 is 0 Å². The minimum Gasteiger partial charge on any atom is -0.370 e. The number of nitrogens with zero attached hydrogens (tertiary/aromatic N) is 1. The van der Waals surface area contributed by atoms with Crippen molar-refractivity contribution in [3.05, 3.63) is 0 Å². The number of hydrogen-bond donors (Lipinski definition) is 1. The smallest absolute Gasteiger partial charge is 0.204 e. The maximum Gasteiger partial charge on any atom is 0.204 e. The average molecular weight is 142 g/mol. The maximum absolute atomic E-state index is 10.9. The molecule has 0 amide bonds. The van der Waals surface area contributed by atoms with Crippen molar-refractivity contribution in [3.8, 4) is 0 Å². The standard InChI is InChI=1S/C6H10N2O2/c7-8-4-5(9)6-2-1-3-10-6/h4,6H,1-3,7H2/t6-/m0/s1. The number of ketones is 1. The summed E-state index contributed by atoms with van der Waals surface area (Å²) in [5, 5.41) is 3.13. The Hall–Kier alpha value is -0.900. The number of nitrogens with two attached hydrogens (primary N) is 1. The maximum atomic E-state index is 10.9. The lowest BCUT2D eigenvalue weighted by Crippen LogP contribution is -2.20. The highest BCUT2D eigenvalue weighted by molar-refractivity contribution is 6.29. The van der Waals surface area contributed by atoms with Gasteiger partial charge in [0.15, 0.2) is 0 Å². The third kappa shape index (κ3) is 1.54. The van der Waals surface area contributed by atoms with Gasteiger partial charge in [-0.15, -0.1) is 0 Å². The van der Waals surface area contributed by atoms with E-state index in [-0.39, 0.29) is 11.9 Å². The normalized spacial score (nSPS) is 25.8. The van der Waals surface area contributed by atoms with E-state index in [2.05, 4.69) is 5.10 Å². The second-order valence-electron chi connectivity index (χ2n) is 2.18.